The van der Waals surface area contributed by atoms with E-state index in [1.165, 1.54) is 25.1 Å². The first-order valence-electron chi connectivity index (χ1n) is 18.5. The molecule has 0 spiro atoms. The third-order valence-corrected chi connectivity index (χ3v) is 10.7. The van der Waals surface area contributed by atoms with E-state index in [9.17, 15) is 49.5 Å². The Morgan fingerprint density at radius 2 is 1.72 bits per heavy atom. The van der Waals surface area contributed by atoms with Crippen molar-refractivity contribution in [2.45, 2.75) is 81.6 Å². The molecule has 3 fully saturated rings. The van der Waals surface area contributed by atoms with Gasteiger partial charge in [0.15, 0.2) is 23.5 Å². The molecule has 2 amide bonds. The number of ether oxygens (including phenoxy) is 3. The van der Waals surface area contributed by atoms with Crippen LogP contribution in [-0.2, 0) is 19.1 Å². The zero-order valence-electron chi connectivity index (χ0n) is 31.5. The number of fused-ring (bicyclic) bond motifs is 1. The Balaban J connectivity index is 1.25. The minimum Gasteiger partial charge on any atom is -0.486 e. The number of cyclic esters (lactones) is 1. The minimum absolute atomic E-state index is 0.0197. The number of nitrogens with one attached hydrogen (secondary N) is 1. The molecule has 4 heterocycles. The van der Waals surface area contributed by atoms with Gasteiger partial charge in [-0.1, -0.05) is 0 Å². The van der Waals surface area contributed by atoms with Gasteiger partial charge >= 0.3 is 18.0 Å². The van der Waals surface area contributed by atoms with Crippen LogP contribution in [0.25, 0.3) is 5.52 Å². The van der Waals surface area contributed by atoms with Crippen LogP contribution in [0.5, 0.6) is 5.75 Å². The van der Waals surface area contributed by atoms with Crippen molar-refractivity contribution in [1.29, 1.82) is 0 Å². The van der Waals surface area contributed by atoms with Gasteiger partial charge in [-0.2, -0.15) is 0 Å². The number of aromatic nitrogens is 1. The quantitative estimate of drug-likeness (QED) is 0.102. The maximum Gasteiger partial charge on any atom is 0.414 e. The highest BCUT2D eigenvalue weighted by atomic mass is 19.1. The molecule has 1 aliphatic carbocycles. The number of hydrogen-bond donors (Lipinski definition) is 7. The molecule has 2 aromatic heterocycles. The Morgan fingerprint density at radius 3 is 2.33 bits per heavy atom. The van der Waals surface area contributed by atoms with Gasteiger partial charge in [-0.25, -0.2) is 23.2 Å². The zero-order chi connectivity index (χ0) is 42.2. The molecule has 2 saturated heterocycles. The second-order valence-electron chi connectivity index (χ2n) is 14.8. The summed E-state index contributed by atoms with van der Waals surface area (Å²) in [6.07, 6.45) is -8.07. The summed E-state index contributed by atoms with van der Waals surface area (Å²) in [4.78, 5) is 64.8. The fourth-order valence-corrected chi connectivity index (χ4v) is 7.32. The van der Waals surface area contributed by atoms with Crippen LogP contribution in [0.2, 0.25) is 0 Å². The van der Waals surface area contributed by atoms with Crippen LogP contribution >= 0.6 is 0 Å². The van der Waals surface area contributed by atoms with E-state index < -0.39 is 90.1 Å². The van der Waals surface area contributed by atoms with Crippen molar-refractivity contribution in [1.82, 2.24) is 9.72 Å². The fourth-order valence-electron chi connectivity index (χ4n) is 7.32. The second kappa shape index (κ2) is 16.8. The number of nitrogens with zero attached hydrogens (tertiary/aromatic N) is 3. The van der Waals surface area contributed by atoms with Gasteiger partial charge in [0.25, 0.3) is 5.56 Å². The number of aliphatic hydroxyl groups excluding tert-OH is 5. The van der Waals surface area contributed by atoms with Crippen molar-refractivity contribution in [3.8, 4) is 5.75 Å². The number of carbonyl (C=O) groups is 4. The lowest BCUT2D eigenvalue weighted by Crippen LogP contribution is -2.55. The number of aromatic carboxylic acids is 1. The third-order valence-electron chi connectivity index (χ3n) is 10.7. The zero-order valence-corrected chi connectivity index (χ0v) is 31.5. The number of piperidine rings is 1. The SMILES string of the molecule is CC(=O)NC[C@H]1CN(c2ccc(OCC3(OC(=O)[C@H](O)[C@@H](O)[C@H](O)[C@H](O)CO)CCN(c4c(F)cn5c(=O)c(C(=O)O)cc(C6CC6)c5c4C)CC3)c(F)c2)C(=O)O1. The Kier molecular flexibility index (Phi) is 12.2. The average molecular weight is 819 g/mol. The van der Waals surface area contributed by atoms with Gasteiger partial charge in [0, 0.05) is 38.9 Å². The highest BCUT2D eigenvalue weighted by Gasteiger charge is 2.44. The molecule has 2 aliphatic heterocycles. The average Bonchev–Trinajstić information content (AvgIpc) is 3.97. The second-order valence-corrected chi connectivity index (χ2v) is 14.8. The van der Waals surface area contributed by atoms with E-state index in [4.69, 9.17) is 19.3 Å². The van der Waals surface area contributed by atoms with Gasteiger partial charge in [-0.05, 0) is 55.0 Å². The normalized spacial score (nSPS) is 19.9. The number of amides is 2. The molecule has 0 unspecified atom stereocenters. The van der Waals surface area contributed by atoms with E-state index in [1.807, 2.05) is 0 Å². The number of aliphatic hydroxyl groups is 5. The first kappa shape index (κ1) is 42.2. The third kappa shape index (κ3) is 8.56. The largest absolute Gasteiger partial charge is 0.486 e. The van der Waals surface area contributed by atoms with Gasteiger partial charge in [0.05, 0.1) is 42.8 Å². The standard InChI is InChI=1S/C38H44F2N4O14/c1-18-29-23(20-3-4-20)12-24(35(52)53)34(51)44(29)15-26(40)30(18)42-9-7-38(8-10-42,58-36(54)33(50)32(49)31(48)27(47)16-45)17-56-28-6-5-21(11-25(28)39)43-14-22(57-37(43)55)13-41-19(2)46/h5-6,11-12,15,20,22,27,31-33,45,47-50H,3-4,7-10,13-14,16-17H2,1-2H3,(H,41,46)(H,52,53)/t22-,27+,31+,32-,33+/m0/s1. The Hall–Kier alpha value is -5.41. The van der Waals surface area contributed by atoms with Crippen molar-refractivity contribution >= 4 is 40.8 Å². The smallest absolute Gasteiger partial charge is 0.414 e. The molecule has 20 heteroatoms. The number of pyridine rings is 2. The van der Waals surface area contributed by atoms with E-state index in [0.717, 1.165) is 34.4 Å². The summed E-state index contributed by atoms with van der Waals surface area (Å²) in [7, 11) is 0. The minimum atomic E-state index is -2.42. The maximum absolute atomic E-state index is 16.0. The van der Waals surface area contributed by atoms with Crippen molar-refractivity contribution in [2.24, 2.45) is 0 Å². The van der Waals surface area contributed by atoms with Crippen LogP contribution in [-0.4, -0.2) is 134 Å². The molecule has 1 saturated carbocycles. The molecule has 18 nitrogen and oxygen atoms in total. The lowest BCUT2D eigenvalue weighted by atomic mass is 9.90. The Bertz CT molecular complexity index is 2160. The summed E-state index contributed by atoms with van der Waals surface area (Å²) in [6, 6.07) is 4.94. The van der Waals surface area contributed by atoms with E-state index in [2.05, 4.69) is 5.32 Å². The molecule has 5 atom stereocenters. The summed E-state index contributed by atoms with van der Waals surface area (Å²) in [5.74, 6) is -5.34. The summed E-state index contributed by atoms with van der Waals surface area (Å²) < 4.78 is 49.3. The number of esters is 1. The number of carboxylic acids is 1. The van der Waals surface area contributed by atoms with Crippen LogP contribution in [0, 0.1) is 18.6 Å². The highest BCUT2D eigenvalue weighted by molar-refractivity contribution is 5.90. The van der Waals surface area contributed by atoms with E-state index in [1.54, 1.807) is 11.8 Å². The molecule has 0 bridgehead atoms. The number of hydrogen-bond acceptors (Lipinski definition) is 14. The van der Waals surface area contributed by atoms with Crippen molar-refractivity contribution in [2.75, 3.05) is 49.2 Å². The molecule has 1 aromatic carbocycles. The van der Waals surface area contributed by atoms with Crippen molar-refractivity contribution in [3.63, 3.8) is 0 Å². The first-order valence-corrected chi connectivity index (χ1v) is 18.5. The molecule has 314 valence electrons. The molecule has 6 rings (SSSR count). The number of carboxylic acid groups (broad SMARTS) is 1. The van der Waals surface area contributed by atoms with Crippen LogP contribution in [0.4, 0.5) is 25.0 Å². The van der Waals surface area contributed by atoms with Gasteiger partial charge in [-0.15, -0.1) is 0 Å². The number of aryl methyl sites for hydroxylation is 1. The summed E-state index contributed by atoms with van der Waals surface area (Å²) in [6.45, 7) is 1.35. The first-order chi connectivity index (χ1) is 27.4. The monoisotopic (exact) mass is 818 g/mol. The van der Waals surface area contributed by atoms with Crippen LogP contribution in [0.1, 0.15) is 60.0 Å². The van der Waals surface area contributed by atoms with Gasteiger partial charge in [0.2, 0.25) is 5.91 Å². The lowest BCUT2D eigenvalue weighted by molar-refractivity contribution is -0.189. The summed E-state index contributed by atoms with van der Waals surface area (Å²) >= 11 is 0. The van der Waals surface area contributed by atoms with Gasteiger partial charge < -0.3 is 55.1 Å². The molecule has 3 aliphatic rings. The molecule has 58 heavy (non-hydrogen) atoms. The maximum atomic E-state index is 16.0. The topological polar surface area (TPSA) is 257 Å². The van der Waals surface area contributed by atoms with Crippen LogP contribution in [0.15, 0.2) is 35.3 Å². The fraction of sp³-hybridized carbons (Fsp3) is 0.500. The number of anilines is 2. The predicted octanol–water partition coefficient (Wildman–Crippen LogP) is 0.320. The Morgan fingerprint density at radius 1 is 1.03 bits per heavy atom. The molecular formula is C38H44F2N4O14. The number of rotatable bonds is 15. The number of carbonyl (C=O) groups excluding carboxylic acids is 3. The Labute approximate surface area is 328 Å². The van der Waals surface area contributed by atoms with Crippen LogP contribution < -0.4 is 25.4 Å². The lowest BCUT2D eigenvalue weighted by Gasteiger charge is -2.42. The van der Waals surface area contributed by atoms with E-state index in [-0.39, 0.29) is 68.0 Å². The molecule has 0 radical (unpaired) electrons. The number of halogens is 2. The van der Waals surface area contributed by atoms with E-state index in [0.29, 0.717) is 16.6 Å². The summed E-state index contributed by atoms with van der Waals surface area (Å²) in [5.41, 5.74) is -1.53. The van der Waals surface area contributed by atoms with Gasteiger partial charge in [0.1, 0.15) is 42.2 Å². The number of benzene rings is 1. The van der Waals surface area contributed by atoms with Crippen molar-refractivity contribution < 1.29 is 72.8 Å². The van der Waals surface area contributed by atoms with E-state index >= 15 is 8.78 Å². The van der Waals surface area contributed by atoms with Crippen LogP contribution in [0.3, 0.4) is 0 Å². The highest BCUT2D eigenvalue weighted by Crippen LogP contribution is 2.44. The molecule has 3 aromatic rings. The molecule has 7 N–H and O–H groups in total. The predicted molar refractivity (Wildman–Crippen MR) is 197 cm³/mol. The van der Waals surface area contributed by atoms with Gasteiger partial charge in [-0.3, -0.25) is 18.9 Å². The molecular weight excluding hydrogens is 774 g/mol. The summed E-state index contributed by atoms with van der Waals surface area (Å²) in [5, 5.41) is 62.2. The van der Waals surface area contributed by atoms with Crippen molar-refractivity contribution in [3.05, 3.63) is 69.1 Å².